The van der Waals surface area contributed by atoms with Crippen molar-refractivity contribution in [1.82, 2.24) is 14.8 Å². The summed E-state index contributed by atoms with van der Waals surface area (Å²) in [6, 6.07) is 2.08. The van der Waals surface area contributed by atoms with Gasteiger partial charge in [-0.2, -0.15) is 5.10 Å². The number of hydrogen-bond acceptors (Lipinski definition) is 4. The Balaban J connectivity index is 1.52. The van der Waals surface area contributed by atoms with Crippen molar-refractivity contribution in [2.45, 2.75) is 58.5 Å². The van der Waals surface area contributed by atoms with Crippen molar-refractivity contribution < 1.29 is 4.79 Å². The Morgan fingerprint density at radius 3 is 2.93 bits per heavy atom. The molecule has 1 amide bonds. The molecule has 1 aliphatic heterocycles. The Kier molecular flexibility index (Phi) is 4.72. The molecule has 3 heterocycles. The van der Waals surface area contributed by atoms with E-state index in [4.69, 9.17) is 17.3 Å². The maximum absolute atomic E-state index is 12.4. The van der Waals surface area contributed by atoms with Crippen LogP contribution in [0.25, 0.3) is 11.1 Å². The number of nitrogens with one attached hydrogen (secondary N) is 1. The minimum absolute atomic E-state index is 0.0174. The number of nitrogens with two attached hydrogens (primary N) is 1. The molecule has 0 radical (unpaired) electrons. The third-order valence-electron chi connectivity index (χ3n) is 5.64. The summed E-state index contributed by atoms with van der Waals surface area (Å²) in [5.74, 6) is 0.878. The number of hydrogen-bond donors (Lipinski definition) is 2. The molecule has 2 aromatic heterocycles. The average Bonchev–Trinajstić information content (AvgIpc) is 3.23. The van der Waals surface area contributed by atoms with E-state index in [0.717, 1.165) is 43.4 Å². The van der Waals surface area contributed by atoms with Gasteiger partial charge in [-0.3, -0.25) is 9.48 Å². The lowest BCUT2D eigenvalue weighted by Crippen LogP contribution is -2.18. The molecule has 2 aromatic rings. The van der Waals surface area contributed by atoms with Gasteiger partial charge in [0, 0.05) is 42.0 Å². The lowest BCUT2D eigenvalue weighted by molar-refractivity contribution is -0.117. The Labute approximate surface area is 164 Å². The van der Waals surface area contributed by atoms with Crippen molar-refractivity contribution >= 4 is 23.3 Å². The summed E-state index contributed by atoms with van der Waals surface area (Å²) in [7, 11) is 0. The number of carbonyl (C=O) groups is 1. The van der Waals surface area contributed by atoms with Crippen LogP contribution in [0.5, 0.6) is 0 Å². The minimum Gasteiger partial charge on any atom is -0.328 e. The summed E-state index contributed by atoms with van der Waals surface area (Å²) in [5.41, 5.74) is 9.20. The molecule has 7 heteroatoms. The van der Waals surface area contributed by atoms with Gasteiger partial charge in [-0.1, -0.05) is 25.4 Å². The first-order valence-electron chi connectivity index (χ1n) is 9.57. The van der Waals surface area contributed by atoms with E-state index in [1.165, 1.54) is 5.69 Å². The minimum atomic E-state index is -0.0174. The van der Waals surface area contributed by atoms with Crippen molar-refractivity contribution in [3.63, 3.8) is 0 Å². The average molecular weight is 388 g/mol. The molecule has 1 saturated carbocycles. The summed E-state index contributed by atoms with van der Waals surface area (Å²) < 4.78 is 2.05. The van der Waals surface area contributed by atoms with Gasteiger partial charge in [-0.15, -0.1) is 0 Å². The highest BCUT2D eigenvalue weighted by atomic mass is 35.5. The van der Waals surface area contributed by atoms with Crippen LogP contribution in [0.3, 0.4) is 0 Å². The molecule has 1 aliphatic carbocycles. The van der Waals surface area contributed by atoms with Crippen molar-refractivity contribution in [2.24, 2.45) is 17.1 Å². The summed E-state index contributed by atoms with van der Waals surface area (Å²) in [6.45, 7) is 5.37. The standard InChI is InChI=1S/C20H26ClN5O/c1-20(2)8-17-15(9-24-26(17)11-20)14-7-18(23-10-16(14)21)25-19(27)6-12-3-4-13(22)5-12/h7,9-10,12-13H,3-6,8,11,22H2,1-2H3,(H,23,25,27). The van der Waals surface area contributed by atoms with E-state index in [1.54, 1.807) is 6.20 Å². The second kappa shape index (κ2) is 6.91. The third-order valence-corrected chi connectivity index (χ3v) is 5.94. The lowest BCUT2D eigenvalue weighted by atomic mass is 9.89. The van der Waals surface area contributed by atoms with Crippen molar-refractivity contribution in [3.05, 3.63) is 29.2 Å². The first-order chi connectivity index (χ1) is 12.8. The molecular weight excluding hydrogens is 362 g/mol. The van der Waals surface area contributed by atoms with Crippen LogP contribution in [0.15, 0.2) is 18.5 Å². The second-order valence-corrected chi connectivity index (χ2v) is 9.15. The number of carbonyl (C=O) groups excluding carboxylic acids is 1. The van der Waals surface area contributed by atoms with Gasteiger partial charge in [0.1, 0.15) is 5.82 Å². The highest BCUT2D eigenvalue weighted by Crippen LogP contribution is 2.39. The number of pyridine rings is 1. The lowest BCUT2D eigenvalue weighted by Gasteiger charge is -2.15. The van der Waals surface area contributed by atoms with Crippen LogP contribution < -0.4 is 11.1 Å². The molecule has 2 atom stereocenters. The van der Waals surface area contributed by atoms with Gasteiger partial charge in [-0.05, 0) is 43.1 Å². The third kappa shape index (κ3) is 3.87. The largest absolute Gasteiger partial charge is 0.328 e. The number of rotatable bonds is 4. The Morgan fingerprint density at radius 1 is 1.37 bits per heavy atom. The molecule has 4 rings (SSSR count). The maximum Gasteiger partial charge on any atom is 0.225 e. The molecule has 3 N–H and O–H groups in total. The van der Waals surface area contributed by atoms with E-state index in [0.29, 0.717) is 23.2 Å². The van der Waals surface area contributed by atoms with E-state index >= 15 is 0 Å². The van der Waals surface area contributed by atoms with Crippen LogP contribution >= 0.6 is 11.6 Å². The van der Waals surface area contributed by atoms with Crippen LogP contribution in [0, 0.1) is 11.3 Å². The predicted octanol–water partition coefficient (Wildman–Crippen LogP) is 3.64. The number of amides is 1. The molecule has 1 fully saturated rings. The van der Waals surface area contributed by atoms with Crippen LogP contribution in [0.4, 0.5) is 5.82 Å². The maximum atomic E-state index is 12.4. The van der Waals surface area contributed by atoms with Gasteiger partial charge in [0.05, 0.1) is 11.2 Å². The molecule has 0 saturated heterocycles. The van der Waals surface area contributed by atoms with Crippen molar-refractivity contribution in [3.8, 4) is 11.1 Å². The molecule has 27 heavy (non-hydrogen) atoms. The molecular formula is C20H26ClN5O. The smallest absolute Gasteiger partial charge is 0.225 e. The molecule has 2 aliphatic rings. The first-order valence-corrected chi connectivity index (χ1v) is 9.94. The zero-order valence-corrected chi connectivity index (χ0v) is 16.6. The van der Waals surface area contributed by atoms with E-state index in [-0.39, 0.29) is 17.4 Å². The van der Waals surface area contributed by atoms with E-state index in [1.807, 2.05) is 16.9 Å². The zero-order valence-electron chi connectivity index (χ0n) is 15.8. The highest BCUT2D eigenvalue weighted by Gasteiger charge is 2.32. The molecule has 0 bridgehead atoms. The van der Waals surface area contributed by atoms with Gasteiger partial charge in [0.25, 0.3) is 0 Å². The monoisotopic (exact) mass is 387 g/mol. The molecule has 2 unspecified atom stereocenters. The zero-order chi connectivity index (χ0) is 19.2. The molecule has 0 spiro atoms. The molecule has 6 nitrogen and oxygen atoms in total. The topological polar surface area (TPSA) is 85.8 Å². The van der Waals surface area contributed by atoms with Gasteiger partial charge >= 0.3 is 0 Å². The Hall–Kier alpha value is -1.92. The fraction of sp³-hybridized carbons (Fsp3) is 0.550. The van der Waals surface area contributed by atoms with Crippen molar-refractivity contribution in [1.29, 1.82) is 0 Å². The van der Waals surface area contributed by atoms with Gasteiger partial charge in [0.2, 0.25) is 5.91 Å². The Bertz CT molecular complexity index is 875. The number of halogens is 1. The van der Waals surface area contributed by atoms with Crippen LogP contribution in [-0.2, 0) is 17.8 Å². The number of fused-ring (bicyclic) bond motifs is 1. The van der Waals surface area contributed by atoms with E-state index < -0.39 is 0 Å². The second-order valence-electron chi connectivity index (χ2n) is 8.74. The van der Waals surface area contributed by atoms with Crippen LogP contribution in [0.2, 0.25) is 5.02 Å². The summed E-state index contributed by atoms with van der Waals surface area (Å²) in [6.07, 6.45) is 7.84. The first kappa shape index (κ1) is 18.4. The van der Waals surface area contributed by atoms with Gasteiger partial charge in [-0.25, -0.2) is 4.98 Å². The number of anilines is 1. The Morgan fingerprint density at radius 2 is 2.19 bits per heavy atom. The van der Waals surface area contributed by atoms with E-state index in [2.05, 4.69) is 29.2 Å². The number of nitrogens with zero attached hydrogens (tertiary/aromatic N) is 3. The van der Waals surface area contributed by atoms with E-state index in [9.17, 15) is 4.79 Å². The number of aromatic nitrogens is 3. The van der Waals surface area contributed by atoms with Crippen LogP contribution in [0.1, 0.15) is 45.2 Å². The van der Waals surface area contributed by atoms with Gasteiger partial charge < -0.3 is 11.1 Å². The fourth-order valence-corrected chi connectivity index (χ4v) is 4.55. The quantitative estimate of drug-likeness (QED) is 0.838. The summed E-state index contributed by atoms with van der Waals surface area (Å²) in [4.78, 5) is 16.7. The predicted molar refractivity (Wildman–Crippen MR) is 107 cm³/mol. The van der Waals surface area contributed by atoms with Crippen molar-refractivity contribution in [2.75, 3.05) is 5.32 Å². The summed E-state index contributed by atoms with van der Waals surface area (Å²) in [5, 5.41) is 8.00. The SMILES string of the molecule is CC1(C)Cc2c(-c3cc(NC(=O)CC4CCC(N)C4)ncc3Cl)cnn2C1. The van der Waals surface area contributed by atoms with Gasteiger partial charge in [0.15, 0.2) is 0 Å². The van der Waals surface area contributed by atoms with Crippen LogP contribution in [-0.4, -0.2) is 26.7 Å². The molecule has 144 valence electrons. The highest BCUT2D eigenvalue weighted by molar-refractivity contribution is 6.33. The normalized spacial score (nSPS) is 23.4. The summed E-state index contributed by atoms with van der Waals surface area (Å²) >= 11 is 6.42. The molecule has 0 aromatic carbocycles. The fourth-order valence-electron chi connectivity index (χ4n) is 4.34.